The number of amides is 1. The number of hydrogen-bond acceptors (Lipinski definition) is 2. The van der Waals surface area contributed by atoms with Gasteiger partial charge in [0.05, 0.1) is 12.0 Å². The first kappa shape index (κ1) is 14.9. The molecule has 2 fully saturated rings. The third kappa shape index (κ3) is 2.26. The summed E-state index contributed by atoms with van der Waals surface area (Å²) in [7, 11) is 0. The quantitative estimate of drug-likeness (QED) is 0.805. The van der Waals surface area contributed by atoms with Crippen molar-refractivity contribution in [2.24, 2.45) is 5.92 Å². The lowest BCUT2D eigenvalue weighted by Gasteiger charge is -2.42. The predicted molar refractivity (Wildman–Crippen MR) is 95.9 cm³/mol. The lowest BCUT2D eigenvalue weighted by molar-refractivity contribution is -0.147. The van der Waals surface area contributed by atoms with Gasteiger partial charge < -0.3 is 9.64 Å². The van der Waals surface area contributed by atoms with Gasteiger partial charge in [0.2, 0.25) is 5.91 Å². The number of carbonyl (C=O) groups excluding carboxylic acids is 1. The minimum atomic E-state index is -0.393. The van der Waals surface area contributed by atoms with Gasteiger partial charge in [-0.1, -0.05) is 72.8 Å². The van der Waals surface area contributed by atoms with Crippen LogP contribution in [0, 0.1) is 5.92 Å². The number of ether oxygens (including phenoxy) is 1. The Morgan fingerprint density at radius 2 is 1.76 bits per heavy atom. The summed E-state index contributed by atoms with van der Waals surface area (Å²) in [4.78, 5) is 15.4. The number of fused-ring (bicyclic) bond motifs is 1. The van der Waals surface area contributed by atoms with Gasteiger partial charge in [0.15, 0.2) is 0 Å². The number of rotatable bonds is 3. The van der Waals surface area contributed by atoms with Crippen molar-refractivity contribution in [1.82, 2.24) is 4.90 Å². The fraction of sp³-hybridized carbons (Fsp3) is 0.318. The van der Waals surface area contributed by atoms with E-state index in [1.165, 1.54) is 11.1 Å². The maximum absolute atomic E-state index is 13.4. The zero-order chi connectivity index (χ0) is 16.9. The molecule has 2 aromatic carbocycles. The maximum atomic E-state index is 13.4. The van der Waals surface area contributed by atoms with E-state index in [-0.39, 0.29) is 23.8 Å². The van der Waals surface area contributed by atoms with Crippen LogP contribution in [0.4, 0.5) is 0 Å². The van der Waals surface area contributed by atoms with E-state index in [4.69, 9.17) is 4.74 Å². The molecule has 1 amide bonds. The van der Waals surface area contributed by atoms with Crippen molar-refractivity contribution in [1.29, 1.82) is 0 Å². The second-order valence-corrected chi connectivity index (χ2v) is 7.31. The van der Waals surface area contributed by atoms with Gasteiger partial charge in [-0.2, -0.15) is 0 Å². The van der Waals surface area contributed by atoms with Gasteiger partial charge >= 0.3 is 0 Å². The lowest BCUT2D eigenvalue weighted by Crippen LogP contribution is -2.53. The number of benzene rings is 2. The smallest absolute Gasteiger partial charge is 0.229 e. The highest BCUT2D eigenvalue weighted by atomic mass is 16.5. The van der Waals surface area contributed by atoms with E-state index in [2.05, 4.69) is 36.4 Å². The summed E-state index contributed by atoms with van der Waals surface area (Å²) in [6.07, 6.45) is 5.22. The lowest BCUT2D eigenvalue weighted by atomic mass is 9.69. The third-order valence-electron chi connectivity index (χ3n) is 5.91. The Labute approximate surface area is 147 Å². The van der Waals surface area contributed by atoms with Crippen molar-refractivity contribution in [3.63, 3.8) is 0 Å². The molecule has 3 heterocycles. The van der Waals surface area contributed by atoms with Crippen LogP contribution in [0.5, 0.6) is 0 Å². The monoisotopic (exact) mass is 331 g/mol. The van der Waals surface area contributed by atoms with Crippen LogP contribution in [-0.2, 0) is 16.1 Å². The van der Waals surface area contributed by atoms with Crippen molar-refractivity contribution in [2.45, 2.75) is 30.6 Å². The van der Waals surface area contributed by atoms with Crippen LogP contribution < -0.4 is 0 Å². The average molecular weight is 331 g/mol. The highest BCUT2D eigenvalue weighted by Crippen LogP contribution is 2.55. The van der Waals surface area contributed by atoms with E-state index in [1.807, 2.05) is 41.3 Å². The molecule has 2 bridgehead atoms. The van der Waals surface area contributed by atoms with Crippen LogP contribution in [0.2, 0.25) is 0 Å². The van der Waals surface area contributed by atoms with E-state index in [1.54, 1.807) is 0 Å². The first-order chi connectivity index (χ1) is 12.3. The van der Waals surface area contributed by atoms with Crippen LogP contribution in [0.15, 0.2) is 72.8 Å². The Balaban J connectivity index is 1.48. The molecule has 0 radical (unpaired) electrons. The van der Waals surface area contributed by atoms with E-state index >= 15 is 0 Å². The largest absolute Gasteiger partial charge is 0.362 e. The standard InChI is InChI=1S/C22H21NO2/c24-21-20-19(17-9-5-2-6-10-17)18-11-12-22(20,25-18)13-14-23(21)15-16-7-3-1-4-8-16/h1-12,18-20H,13-15H2/t18-,19+,20+,22-/m1/s1. The highest BCUT2D eigenvalue weighted by Gasteiger charge is 2.62. The molecular weight excluding hydrogens is 310 g/mol. The van der Waals surface area contributed by atoms with Gasteiger partial charge in [-0.05, 0) is 17.5 Å². The van der Waals surface area contributed by atoms with Crippen molar-refractivity contribution in [2.75, 3.05) is 6.54 Å². The first-order valence-corrected chi connectivity index (χ1v) is 9.02. The normalized spacial score (nSPS) is 32.9. The Morgan fingerprint density at radius 3 is 2.52 bits per heavy atom. The van der Waals surface area contributed by atoms with Crippen LogP contribution in [-0.4, -0.2) is 29.1 Å². The second kappa shape index (κ2) is 5.57. The fourth-order valence-corrected chi connectivity index (χ4v) is 4.75. The summed E-state index contributed by atoms with van der Waals surface area (Å²) in [5, 5.41) is 0. The van der Waals surface area contributed by atoms with Crippen LogP contribution in [0.25, 0.3) is 0 Å². The first-order valence-electron chi connectivity index (χ1n) is 9.02. The molecule has 4 atom stereocenters. The molecule has 0 N–H and O–H groups in total. The maximum Gasteiger partial charge on any atom is 0.229 e. The third-order valence-corrected chi connectivity index (χ3v) is 5.91. The van der Waals surface area contributed by atoms with Crippen LogP contribution in [0.1, 0.15) is 23.5 Å². The molecule has 0 unspecified atom stereocenters. The van der Waals surface area contributed by atoms with E-state index in [0.717, 1.165) is 13.0 Å². The van der Waals surface area contributed by atoms with Gasteiger partial charge in [-0.25, -0.2) is 0 Å². The van der Waals surface area contributed by atoms with Crippen molar-refractivity contribution < 1.29 is 9.53 Å². The summed E-state index contributed by atoms with van der Waals surface area (Å²) < 4.78 is 6.34. The Hall–Kier alpha value is -2.39. The number of piperidine rings is 1. The summed E-state index contributed by atoms with van der Waals surface area (Å²) in [6.45, 7) is 1.44. The summed E-state index contributed by atoms with van der Waals surface area (Å²) in [5.41, 5.74) is 2.00. The van der Waals surface area contributed by atoms with Crippen molar-refractivity contribution >= 4 is 5.91 Å². The zero-order valence-electron chi connectivity index (χ0n) is 14.0. The fourth-order valence-electron chi connectivity index (χ4n) is 4.75. The second-order valence-electron chi connectivity index (χ2n) is 7.31. The molecule has 2 aromatic rings. The summed E-state index contributed by atoms with van der Waals surface area (Å²) in [5.74, 6) is 0.246. The SMILES string of the molecule is O=C1[C@@H]2[C@@H](c3ccccc3)[C@H]3C=C[C@]2(CCN1Cc1ccccc1)O3. The summed E-state index contributed by atoms with van der Waals surface area (Å²) >= 11 is 0. The van der Waals surface area contributed by atoms with Crippen molar-refractivity contribution in [3.8, 4) is 0 Å². The predicted octanol–water partition coefficient (Wildman–Crippen LogP) is 3.53. The molecular formula is C22H21NO2. The van der Waals surface area contributed by atoms with Crippen LogP contribution in [0.3, 0.4) is 0 Å². The number of likely N-dealkylation sites (tertiary alicyclic amines) is 1. The molecule has 0 saturated carbocycles. The highest BCUT2D eigenvalue weighted by molar-refractivity contribution is 5.84. The number of nitrogens with zero attached hydrogens (tertiary/aromatic N) is 1. The Morgan fingerprint density at radius 1 is 1.04 bits per heavy atom. The topological polar surface area (TPSA) is 29.5 Å². The van der Waals surface area contributed by atoms with Gasteiger partial charge in [0.1, 0.15) is 5.60 Å². The molecule has 3 nitrogen and oxygen atoms in total. The molecule has 1 spiro atoms. The van der Waals surface area contributed by atoms with Gasteiger partial charge in [0.25, 0.3) is 0 Å². The number of carbonyl (C=O) groups is 1. The van der Waals surface area contributed by atoms with Gasteiger partial charge in [0, 0.05) is 19.0 Å². The molecule has 5 rings (SSSR count). The minimum absolute atomic E-state index is 0.0213. The van der Waals surface area contributed by atoms with E-state index < -0.39 is 5.60 Å². The molecule has 0 aromatic heterocycles. The summed E-state index contributed by atoms with van der Waals surface area (Å²) in [6, 6.07) is 20.6. The minimum Gasteiger partial charge on any atom is -0.362 e. The zero-order valence-corrected chi connectivity index (χ0v) is 14.0. The molecule has 3 heteroatoms. The van der Waals surface area contributed by atoms with Gasteiger partial charge in [-0.3, -0.25) is 4.79 Å². The van der Waals surface area contributed by atoms with Gasteiger partial charge in [-0.15, -0.1) is 0 Å². The molecule has 25 heavy (non-hydrogen) atoms. The van der Waals surface area contributed by atoms with E-state index in [0.29, 0.717) is 6.54 Å². The average Bonchev–Trinajstić information content (AvgIpc) is 3.22. The molecule has 0 aliphatic carbocycles. The molecule has 2 saturated heterocycles. The molecule has 126 valence electrons. The molecule has 3 aliphatic rings. The Kier molecular flexibility index (Phi) is 3.32. The van der Waals surface area contributed by atoms with Crippen LogP contribution >= 0.6 is 0 Å². The Bertz CT molecular complexity index is 816. The van der Waals surface area contributed by atoms with Crippen molar-refractivity contribution in [3.05, 3.63) is 83.9 Å². The van der Waals surface area contributed by atoms with E-state index in [9.17, 15) is 4.79 Å². The number of hydrogen-bond donors (Lipinski definition) is 0. The molecule has 3 aliphatic heterocycles.